The molecule has 1 fully saturated rings. The predicted molar refractivity (Wildman–Crippen MR) is 86.4 cm³/mol. The number of rotatable bonds is 3. The van der Waals surface area contributed by atoms with E-state index >= 15 is 0 Å². The molecule has 0 spiro atoms. The molecule has 0 N–H and O–H groups in total. The van der Waals surface area contributed by atoms with Crippen LogP contribution in [0.4, 0.5) is 23.2 Å². The summed E-state index contributed by atoms with van der Waals surface area (Å²) in [7, 11) is 0. The van der Waals surface area contributed by atoms with Crippen LogP contribution in [0, 0.1) is 17.1 Å². The third-order valence-corrected chi connectivity index (χ3v) is 4.80. The highest BCUT2D eigenvalue weighted by Crippen LogP contribution is 2.38. The van der Waals surface area contributed by atoms with Gasteiger partial charge in [0.05, 0.1) is 11.6 Å². The second kappa shape index (κ2) is 6.78. The zero-order chi connectivity index (χ0) is 20.7. The minimum absolute atomic E-state index is 0.00658. The lowest BCUT2D eigenvalue weighted by atomic mass is 9.98. The van der Waals surface area contributed by atoms with Gasteiger partial charge in [-0.3, -0.25) is 0 Å². The van der Waals surface area contributed by atoms with E-state index in [1.165, 1.54) is 25.1 Å². The van der Waals surface area contributed by atoms with Crippen LogP contribution in [0.3, 0.4) is 0 Å². The van der Waals surface area contributed by atoms with Crippen LogP contribution in [-0.4, -0.2) is 40.5 Å². The Bertz CT molecular complexity index is 953. The molecule has 1 aliphatic heterocycles. The maximum atomic E-state index is 14.5. The standard InChI is InChI=1S/C17H14F4N4O3/c1-9-16(2,27-15(26)17(19,20)21)5-6-25(9)10-3-4-11(12(18)7-10)14-23-13(8-22)28-24-14/h3-4,7,9H,5-6H2,1-2H3/t9-,16-/m0/s1. The van der Waals surface area contributed by atoms with Crippen LogP contribution < -0.4 is 4.90 Å². The van der Waals surface area contributed by atoms with E-state index in [2.05, 4.69) is 14.7 Å². The number of carbonyl (C=O) groups excluding carboxylic acids is 1. The minimum Gasteiger partial charge on any atom is -0.450 e. The van der Waals surface area contributed by atoms with Crippen LogP contribution in [0.1, 0.15) is 26.2 Å². The average Bonchev–Trinajstić information content (AvgIpc) is 3.20. The molecule has 0 unspecified atom stereocenters. The third kappa shape index (κ3) is 3.49. The van der Waals surface area contributed by atoms with Gasteiger partial charge in [0, 0.05) is 18.7 Å². The van der Waals surface area contributed by atoms with E-state index in [4.69, 9.17) is 10.00 Å². The Morgan fingerprint density at radius 3 is 2.75 bits per heavy atom. The minimum atomic E-state index is -5.09. The molecule has 1 aromatic carbocycles. The summed E-state index contributed by atoms with van der Waals surface area (Å²) >= 11 is 0. The molecule has 148 valence electrons. The summed E-state index contributed by atoms with van der Waals surface area (Å²) in [4.78, 5) is 16.6. The Balaban J connectivity index is 1.82. The number of nitriles is 1. The van der Waals surface area contributed by atoms with Crippen LogP contribution in [0.15, 0.2) is 22.7 Å². The molecule has 2 aromatic rings. The molecule has 2 heterocycles. The molecule has 0 saturated carbocycles. The summed E-state index contributed by atoms with van der Waals surface area (Å²) < 4.78 is 61.4. The highest BCUT2D eigenvalue weighted by Gasteiger charge is 2.50. The van der Waals surface area contributed by atoms with E-state index in [9.17, 15) is 22.4 Å². The lowest BCUT2D eigenvalue weighted by molar-refractivity contribution is -0.213. The maximum Gasteiger partial charge on any atom is 0.490 e. The molecule has 0 radical (unpaired) electrons. The van der Waals surface area contributed by atoms with E-state index in [1.807, 2.05) is 0 Å². The van der Waals surface area contributed by atoms with Gasteiger partial charge in [-0.05, 0) is 32.0 Å². The number of esters is 1. The molecule has 28 heavy (non-hydrogen) atoms. The maximum absolute atomic E-state index is 14.5. The number of aromatic nitrogens is 2. The van der Waals surface area contributed by atoms with Gasteiger partial charge in [0.1, 0.15) is 11.4 Å². The fourth-order valence-corrected chi connectivity index (χ4v) is 3.08. The number of nitrogens with zero attached hydrogens (tertiary/aromatic N) is 4. The predicted octanol–water partition coefficient (Wildman–Crippen LogP) is 3.21. The SMILES string of the molecule is C[C@@H]1N(c2ccc(-c3noc(C#N)n3)c(F)c2)CC[C@]1(C)OC(=O)C(F)(F)F. The Morgan fingerprint density at radius 2 is 2.18 bits per heavy atom. The Hall–Kier alpha value is -3.16. The Labute approximate surface area is 156 Å². The van der Waals surface area contributed by atoms with Crippen LogP contribution in [0.5, 0.6) is 0 Å². The van der Waals surface area contributed by atoms with Gasteiger partial charge in [-0.15, -0.1) is 0 Å². The number of benzene rings is 1. The van der Waals surface area contributed by atoms with Crippen molar-refractivity contribution in [3.8, 4) is 17.5 Å². The molecule has 0 aliphatic carbocycles. The summed E-state index contributed by atoms with van der Waals surface area (Å²) in [5.41, 5.74) is -0.978. The number of anilines is 1. The number of halogens is 4. The summed E-state index contributed by atoms with van der Waals surface area (Å²) in [6.07, 6.45) is -4.94. The van der Waals surface area contributed by atoms with E-state index in [0.29, 0.717) is 5.69 Å². The van der Waals surface area contributed by atoms with Crippen molar-refractivity contribution in [3.63, 3.8) is 0 Å². The van der Waals surface area contributed by atoms with Crippen LogP contribution in [0.2, 0.25) is 0 Å². The molecule has 0 bridgehead atoms. The first-order valence-corrected chi connectivity index (χ1v) is 8.16. The molecule has 1 aromatic heterocycles. The molecule has 0 amide bonds. The third-order valence-electron chi connectivity index (χ3n) is 4.80. The zero-order valence-electron chi connectivity index (χ0n) is 14.7. The van der Waals surface area contributed by atoms with Gasteiger partial charge in [0.25, 0.3) is 0 Å². The molecule has 2 atom stereocenters. The highest BCUT2D eigenvalue weighted by molar-refractivity contribution is 5.76. The second-order valence-electron chi connectivity index (χ2n) is 6.52. The van der Waals surface area contributed by atoms with Gasteiger partial charge in [0.2, 0.25) is 5.82 Å². The van der Waals surface area contributed by atoms with Crippen molar-refractivity contribution in [2.75, 3.05) is 11.4 Å². The van der Waals surface area contributed by atoms with Crippen molar-refractivity contribution < 1.29 is 31.6 Å². The smallest absolute Gasteiger partial charge is 0.450 e. The summed E-state index contributed by atoms with van der Waals surface area (Å²) in [6.45, 7) is 3.28. The van der Waals surface area contributed by atoms with E-state index in [-0.39, 0.29) is 30.2 Å². The van der Waals surface area contributed by atoms with E-state index < -0.39 is 29.6 Å². The van der Waals surface area contributed by atoms with Crippen LogP contribution in [0.25, 0.3) is 11.4 Å². The molecular weight excluding hydrogens is 384 g/mol. The molecule has 3 rings (SSSR count). The highest BCUT2D eigenvalue weighted by atomic mass is 19.4. The van der Waals surface area contributed by atoms with Crippen molar-refractivity contribution in [3.05, 3.63) is 29.9 Å². The number of hydrogen-bond donors (Lipinski definition) is 0. The first-order valence-electron chi connectivity index (χ1n) is 8.16. The Kier molecular flexibility index (Phi) is 4.74. The van der Waals surface area contributed by atoms with E-state index in [1.54, 1.807) is 17.9 Å². The van der Waals surface area contributed by atoms with Crippen molar-refractivity contribution in [1.29, 1.82) is 5.26 Å². The first kappa shape index (κ1) is 19.6. The van der Waals surface area contributed by atoms with Gasteiger partial charge in [0.15, 0.2) is 6.07 Å². The quantitative estimate of drug-likeness (QED) is 0.579. The fourth-order valence-electron chi connectivity index (χ4n) is 3.08. The normalized spacial score (nSPS) is 22.2. The van der Waals surface area contributed by atoms with Gasteiger partial charge in [-0.2, -0.15) is 23.4 Å². The second-order valence-corrected chi connectivity index (χ2v) is 6.52. The molecular formula is C17H14F4N4O3. The van der Waals surface area contributed by atoms with Gasteiger partial charge < -0.3 is 14.2 Å². The molecule has 11 heteroatoms. The number of carbonyl (C=O) groups is 1. The summed E-state index contributed by atoms with van der Waals surface area (Å²) in [5.74, 6) is -3.36. The molecule has 1 saturated heterocycles. The van der Waals surface area contributed by atoms with Crippen molar-refractivity contribution in [1.82, 2.24) is 10.1 Å². The average molecular weight is 398 g/mol. The molecule has 7 nitrogen and oxygen atoms in total. The monoisotopic (exact) mass is 398 g/mol. The van der Waals surface area contributed by atoms with Crippen molar-refractivity contribution >= 4 is 11.7 Å². The lowest BCUT2D eigenvalue weighted by Crippen LogP contribution is -2.46. The topological polar surface area (TPSA) is 92.2 Å². The van der Waals surface area contributed by atoms with Gasteiger partial charge >= 0.3 is 18.0 Å². The Morgan fingerprint density at radius 1 is 1.46 bits per heavy atom. The fraction of sp³-hybridized carbons (Fsp3) is 0.412. The zero-order valence-corrected chi connectivity index (χ0v) is 14.7. The lowest BCUT2D eigenvalue weighted by Gasteiger charge is -2.33. The van der Waals surface area contributed by atoms with Crippen LogP contribution >= 0.6 is 0 Å². The van der Waals surface area contributed by atoms with Gasteiger partial charge in [-0.25, -0.2) is 9.18 Å². The van der Waals surface area contributed by atoms with Crippen molar-refractivity contribution in [2.24, 2.45) is 0 Å². The van der Waals surface area contributed by atoms with Crippen molar-refractivity contribution in [2.45, 2.75) is 38.1 Å². The number of ether oxygens (including phenoxy) is 1. The summed E-state index contributed by atoms with van der Waals surface area (Å²) in [6, 6.07) is 5.10. The van der Waals surface area contributed by atoms with E-state index in [0.717, 1.165) is 0 Å². The first-order chi connectivity index (χ1) is 13.0. The van der Waals surface area contributed by atoms with Crippen LogP contribution in [-0.2, 0) is 9.53 Å². The number of alkyl halides is 3. The number of hydrogen-bond acceptors (Lipinski definition) is 7. The largest absolute Gasteiger partial charge is 0.490 e. The summed E-state index contributed by atoms with van der Waals surface area (Å²) in [5, 5.41) is 12.2. The molecule has 1 aliphatic rings. The van der Waals surface area contributed by atoms with Gasteiger partial charge in [-0.1, -0.05) is 5.16 Å².